The van der Waals surface area contributed by atoms with E-state index in [-0.39, 0.29) is 16.9 Å². The maximum atomic E-state index is 12.5. The number of rotatable bonds is 3. The number of nitrogens with zero attached hydrogens (tertiary/aromatic N) is 1. The summed E-state index contributed by atoms with van der Waals surface area (Å²) in [5, 5.41) is 11.1. The first-order chi connectivity index (χ1) is 9.64. The third kappa shape index (κ3) is 3.11. The van der Waals surface area contributed by atoms with Crippen LogP contribution in [0.25, 0.3) is 0 Å². The van der Waals surface area contributed by atoms with E-state index in [1.807, 2.05) is 20.8 Å². The summed E-state index contributed by atoms with van der Waals surface area (Å²) in [4.78, 5) is 11.2. The van der Waals surface area contributed by atoms with Gasteiger partial charge in [-0.25, -0.2) is 8.42 Å². The molecule has 1 fully saturated rings. The van der Waals surface area contributed by atoms with E-state index in [0.717, 1.165) is 9.87 Å². The van der Waals surface area contributed by atoms with Gasteiger partial charge in [0.15, 0.2) is 0 Å². The smallest absolute Gasteiger partial charge is 0.243 e. The van der Waals surface area contributed by atoms with Crippen LogP contribution < -0.4 is 5.11 Å². The number of hydrogen-bond acceptors (Lipinski definition) is 4. The Morgan fingerprint density at radius 3 is 2.29 bits per heavy atom. The fraction of sp³-hybridized carbons (Fsp3) is 0.533. The number of carbonyl (C=O) groups excluding carboxylic acids is 1. The molecule has 0 amide bonds. The van der Waals surface area contributed by atoms with Crippen LogP contribution in [0, 0.1) is 0 Å². The summed E-state index contributed by atoms with van der Waals surface area (Å²) >= 11 is 0. The highest BCUT2D eigenvalue weighted by Gasteiger charge is 2.36. The molecule has 0 aliphatic carbocycles. The summed E-state index contributed by atoms with van der Waals surface area (Å²) in [7, 11) is -3.78. The number of aliphatic carboxylic acids is 1. The first-order valence-electron chi connectivity index (χ1n) is 6.97. The van der Waals surface area contributed by atoms with Gasteiger partial charge in [-0.05, 0) is 36.0 Å². The summed E-state index contributed by atoms with van der Waals surface area (Å²) in [6.45, 7) is 6.36. The van der Waals surface area contributed by atoms with Gasteiger partial charge in [0.2, 0.25) is 10.0 Å². The molecule has 1 aromatic carbocycles. The van der Waals surface area contributed by atoms with E-state index < -0.39 is 22.0 Å². The molecule has 5 nitrogen and oxygen atoms in total. The maximum absolute atomic E-state index is 12.5. The molecule has 2 rings (SSSR count). The molecule has 21 heavy (non-hydrogen) atoms. The van der Waals surface area contributed by atoms with Crippen molar-refractivity contribution >= 4 is 16.0 Å². The predicted molar refractivity (Wildman–Crippen MR) is 77.1 cm³/mol. The van der Waals surface area contributed by atoms with Crippen LogP contribution in [0.3, 0.4) is 0 Å². The molecule has 1 saturated heterocycles. The Bertz CT molecular complexity index is 629. The molecule has 0 aromatic heterocycles. The lowest BCUT2D eigenvalue weighted by Crippen LogP contribution is -2.46. The van der Waals surface area contributed by atoms with E-state index in [9.17, 15) is 18.3 Å². The maximum Gasteiger partial charge on any atom is 0.243 e. The molecule has 0 saturated carbocycles. The minimum atomic E-state index is -3.78. The number of benzene rings is 1. The van der Waals surface area contributed by atoms with Gasteiger partial charge in [0.05, 0.1) is 16.9 Å². The Hall–Kier alpha value is -1.40. The van der Waals surface area contributed by atoms with Crippen molar-refractivity contribution in [2.45, 2.75) is 50.0 Å². The predicted octanol–water partition coefficient (Wildman–Crippen LogP) is 0.887. The fourth-order valence-electron chi connectivity index (χ4n) is 2.53. The van der Waals surface area contributed by atoms with Gasteiger partial charge in [-0.3, -0.25) is 0 Å². The third-order valence-corrected chi connectivity index (χ3v) is 5.73. The van der Waals surface area contributed by atoms with Crippen LogP contribution in [0.4, 0.5) is 0 Å². The van der Waals surface area contributed by atoms with Gasteiger partial charge >= 0.3 is 0 Å². The number of hydrogen-bond donors (Lipinski definition) is 0. The number of carbonyl (C=O) groups is 1. The van der Waals surface area contributed by atoms with Crippen LogP contribution in [0.15, 0.2) is 29.2 Å². The zero-order chi connectivity index (χ0) is 15.8. The Labute approximate surface area is 125 Å². The summed E-state index contributed by atoms with van der Waals surface area (Å²) in [5.74, 6) is -1.33. The summed E-state index contributed by atoms with van der Waals surface area (Å²) in [6.07, 6.45) is 0.847. The lowest BCUT2D eigenvalue weighted by Gasteiger charge is -2.25. The molecule has 1 heterocycles. The Morgan fingerprint density at radius 1 is 1.24 bits per heavy atom. The topological polar surface area (TPSA) is 77.5 Å². The van der Waals surface area contributed by atoms with Crippen LogP contribution in [0.2, 0.25) is 0 Å². The first-order valence-corrected chi connectivity index (χ1v) is 8.41. The molecule has 1 aromatic rings. The van der Waals surface area contributed by atoms with Crippen molar-refractivity contribution in [3.8, 4) is 0 Å². The van der Waals surface area contributed by atoms with Gasteiger partial charge < -0.3 is 9.90 Å². The lowest BCUT2D eigenvalue weighted by atomic mass is 9.87. The van der Waals surface area contributed by atoms with E-state index in [1.54, 1.807) is 24.3 Å². The molecule has 0 N–H and O–H groups in total. The van der Waals surface area contributed by atoms with Crippen LogP contribution in [0.1, 0.15) is 39.2 Å². The van der Waals surface area contributed by atoms with Gasteiger partial charge in [0.25, 0.3) is 0 Å². The Kier molecular flexibility index (Phi) is 4.13. The zero-order valence-electron chi connectivity index (χ0n) is 12.5. The van der Waals surface area contributed by atoms with E-state index in [0.29, 0.717) is 12.8 Å². The van der Waals surface area contributed by atoms with Crippen molar-refractivity contribution in [3.63, 3.8) is 0 Å². The van der Waals surface area contributed by atoms with Crippen LogP contribution >= 0.6 is 0 Å². The molecule has 0 unspecified atom stereocenters. The van der Waals surface area contributed by atoms with Crippen LogP contribution in [-0.2, 0) is 20.2 Å². The normalized spacial score (nSPS) is 20.6. The Balaban J connectivity index is 2.34. The molecule has 0 radical (unpaired) electrons. The SMILES string of the molecule is CC(C)(C)c1ccc(S(=O)(=O)N2CCC[C@@H]2C(=O)[O-])cc1. The highest BCUT2D eigenvalue weighted by molar-refractivity contribution is 7.89. The van der Waals surface area contributed by atoms with Crippen molar-refractivity contribution in [2.24, 2.45) is 0 Å². The van der Waals surface area contributed by atoms with Crippen molar-refractivity contribution < 1.29 is 18.3 Å². The summed E-state index contributed by atoms with van der Waals surface area (Å²) in [5.41, 5.74) is 0.961. The molecule has 116 valence electrons. The van der Waals surface area contributed by atoms with Gasteiger partial charge in [0, 0.05) is 6.54 Å². The minimum absolute atomic E-state index is 0.0660. The molecule has 1 atom stereocenters. The second-order valence-corrected chi connectivity index (χ2v) is 8.26. The molecule has 0 spiro atoms. The molecular weight excluding hydrogens is 290 g/mol. The van der Waals surface area contributed by atoms with Crippen molar-refractivity contribution in [1.29, 1.82) is 0 Å². The lowest BCUT2D eigenvalue weighted by molar-refractivity contribution is -0.309. The second kappa shape index (κ2) is 5.42. The van der Waals surface area contributed by atoms with Crippen LogP contribution in [0.5, 0.6) is 0 Å². The van der Waals surface area contributed by atoms with Crippen molar-refractivity contribution in [3.05, 3.63) is 29.8 Å². The second-order valence-electron chi connectivity index (χ2n) is 6.37. The van der Waals surface area contributed by atoms with E-state index in [1.165, 1.54) is 0 Å². The van der Waals surface area contributed by atoms with Crippen molar-refractivity contribution in [2.75, 3.05) is 6.54 Å². The Morgan fingerprint density at radius 2 is 1.81 bits per heavy atom. The van der Waals surface area contributed by atoms with Gasteiger partial charge in [-0.1, -0.05) is 32.9 Å². The fourth-order valence-corrected chi connectivity index (χ4v) is 4.17. The van der Waals surface area contributed by atoms with Gasteiger partial charge in [-0.15, -0.1) is 0 Å². The minimum Gasteiger partial charge on any atom is -0.548 e. The van der Waals surface area contributed by atoms with Gasteiger partial charge in [0.1, 0.15) is 0 Å². The molecule has 1 aliphatic rings. The average molecular weight is 310 g/mol. The largest absolute Gasteiger partial charge is 0.548 e. The zero-order valence-corrected chi connectivity index (χ0v) is 13.3. The number of sulfonamides is 1. The van der Waals surface area contributed by atoms with E-state index >= 15 is 0 Å². The molecule has 1 aliphatic heterocycles. The monoisotopic (exact) mass is 310 g/mol. The summed E-state index contributed by atoms with van der Waals surface area (Å²) < 4.78 is 26.1. The molecule has 0 bridgehead atoms. The third-order valence-electron chi connectivity index (χ3n) is 3.80. The van der Waals surface area contributed by atoms with E-state index in [2.05, 4.69) is 0 Å². The molecule has 6 heteroatoms. The van der Waals surface area contributed by atoms with E-state index in [4.69, 9.17) is 0 Å². The average Bonchev–Trinajstić information content (AvgIpc) is 2.88. The highest BCUT2D eigenvalue weighted by atomic mass is 32.2. The standard InChI is InChI=1S/C15H21NO4S/c1-15(2,3)11-6-8-12(9-7-11)21(19,20)16-10-4-5-13(16)14(17)18/h6-9,13H,4-5,10H2,1-3H3,(H,17,18)/p-1/t13-/m1/s1. The number of carboxylic acid groups (broad SMARTS) is 1. The molecular formula is C15H20NO4S-. The van der Waals surface area contributed by atoms with Gasteiger partial charge in [-0.2, -0.15) is 4.31 Å². The number of carboxylic acids is 1. The first kappa shape index (κ1) is 16.0. The highest BCUT2D eigenvalue weighted by Crippen LogP contribution is 2.28. The summed E-state index contributed by atoms with van der Waals surface area (Å²) in [6, 6.07) is 5.58. The quantitative estimate of drug-likeness (QED) is 0.830. The van der Waals surface area contributed by atoms with Crippen LogP contribution in [-0.4, -0.2) is 31.3 Å². The van der Waals surface area contributed by atoms with Crippen molar-refractivity contribution in [1.82, 2.24) is 4.31 Å².